The normalized spacial score (nSPS) is 10.8. The second-order valence-electron chi connectivity index (χ2n) is 6.02. The van der Waals surface area contributed by atoms with E-state index in [0.29, 0.717) is 12.2 Å². The van der Waals surface area contributed by atoms with Crippen molar-refractivity contribution < 1.29 is 14.3 Å². The van der Waals surface area contributed by atoms with E-state index in [4.69, 9.17) is 9.47 Å². The molecule has 0 aliphatic carbocycles. The van der Waals surface area contributed by atoms with Gasteiger partial charge >= 0.3 is 0 Å². The molecule has 0 heterocycles. The van der Waals surface area contributed by atoms with Crippen LogP contribution in [0.5, 0.6) is 11.5 Å². The highest BCUT2D eigenvalue weighted by atomic mass is 79.9. The van der Waals surface area contributed by atoms with E-state index in [1.165, 1.54) is 0 Å². The quantitative estimate of drug-likeness (QED) is 0.267. The molecule has 0 N–H and O–H groups in total. The molecule has 0 aliphatic heterocycles. The van der Waals surface area contributed by atoms with E-state index in [1.54, 1.807) is 31.4 Å². The molecule has 0 radical (unpaired) electrons. The van der Waals surface area contributed by atoms with Crippen molar-refractivity contribution in [3.8, 4) is 11.5 Å². The number of ketones is 1. The molecule has 0 fully saturated rings. The van der Waals surface area contributed by atoms with Gasteiger partial charge in [0.25, 0.3) is 0 Å². The predicted molar refractivity (Wildman–Crippen MR) is 119 cm³/mol. The molecule has 0 aliphatic rings. The molecule has 0 unspecified atom stereocenters. The number of allylic oxidation sites excluding steroid dienone is 1. The lowest BCUT2D eigenvalue weighted by molar-refractivity contribution is 0.104. The van der Waals surface area contributed by atoms with Crippen molar-refractivity contribution >= 4 is 43.7 Å². The van der Waals surface area contributed by atoms with Crippen LogP contribution in [0.1, 0.15) is 21.5 Å². The number of hydrogen-bond acceptors (Lipinski definition) is 3. The Bertz CT molecular complexity index is 995. The van der Waals surface area contributed by atoms with Crippen LogP contribution in [0, 0.1) is 0 Å². The van der Waals surface area contributed by atoms with E-state index in [2.05, 4.69) is 31.9 Å². The molecule has 5 heteroatoms. The van der Waals surface area contributed by atoms with Gasteiger partial charge in [0.05, 0.1) is 7.11 Å². The molecule has 0 aromatic heterocycles. The fourth-order valence-electron chi connectivity index (χ4n) is 2.62. The van der Waals surface area contributed by atoms with Crippen molar-refractivity contribution in [3.63, 3.8) is 0 Å². The van der Waals surface area contributed by atoms with Crippen LogP contribution in [0.15, 0.2) is 81.8 Å². The van der Waals surface area contributed by atoms with Gasteiger partial charge in [0.15, 0.2) is 5.78 Å². The molecule has 0 atom stereocenters. The van der Waals surface area contributed by atoms with Crippen LogP contribution >= 0.6 is 31.9 Å². The van der Waals surface area contributed by atoms with Crippen molar-refractivity contribution in [1.82, 2.24) is 0 Å². The number of rotatable bonds is 7. The zero-order valence-corrected chi connectivity index (χ0v) is 18.4. The standard InChI is InChI=1S/C23H18Br2O3/c1-27-23-12-6-16(5-11-22(26)17-7-9-19(24)10-8-17)13-18(23)15-28-21-4-2-3-20(25)14-21/h2-14H,15H2,1H3/b11-5+. The van der Waals surface area contributed by atoms with Gasteiger partial charge in [0.1, 0.15) is 18.1 Å². The van der Waals surface area contributed by atoms with Crippen LogP contribution < -0.4 is 9.47 Å². The first-order chi connectivity index (χ1) is 13.5. The number of benzene rings is 3. The molecule has 142 valence electrons. The molecule has 3 rings (SSSR count). The summed E-state index contributed by atoms with van der Waals surface area (Å²) in [5.74, 6) is 1.46. The lowest BCUT2D eigenvalue weighted by atomic mass is 10.1. The van der Waals surface area contributed by atoms with E-state index in [9.17, 15) is 4.79 Å². The molecular weight excluding hydrogens is 484 g/mol. The SMILES string of the molecule is COc1ccc(/C=C/C(=O)c2ccc(Br)cc2)cc1COc1cccc(Br)c1. The highest BCUT2D eigenvalue weighted by Crippen LogP contribution is 2.24. The second-order valence-corrected chi connectivity index (χ2v) is 7.85. The maximum atomic E-state index is 12.3. The molecule has 0 amide bonds. The Labute approximate surface area is 181 Å². The smallest absolute Gasteiger partial charge is 0.185 e. The molecule has 0 saturated carbocycles. The van der Waals surface area contributed by atoms with E-state index in [0.717, 1.165) is 31.6 Å². The van der Waals surface area contributed by atoms with Gasteiger partial charge in [-0.1, -0.05) is 50.1 Å². The Kier molecular flexibility index (Phi) is 7.06. The third-order valence-electron chi connectivity index (χ3n) is 4.05. The minimum atomic E-state index is -0.0461. The van der Waals surface area contributed by atoms with Gasteiger partial charge < -0.3 is 9.47 Å². The average Bonchev–Trinajstić information content (AvgIpc) is 2.71. The van der Waals surface area contributed by atoms with E-state index < -0.39 is 0 Å². The zero-order chi connectivity index (χ0) is 19.9. The van der Waals surface area contributed by atoms with E-state index in [1.807, 2.05) is 54.6 Å². The monoisotopic (exact) mass is 500 g/mol. The Hall–Kier alpha value is -2.37. The highest BCUT2D eigenvalue weighted by Gasteiger charge is 2.06. The van der Waals surface area contributed by atoms with Crippen LogP contribution in [0.3, 0.4) is 0 Å². The van der Waals surface area contributed by atoms with Gasteiger partial charge in [-0.2, -0.15) is 0 Å². The van der Waals surface area contributed by atoms with Gasteiger partial charge in [0, 0.05) is 20.1 Å². The Balaban J connectivity index is 1.74. The maximum Gasteiger partial charge on any atom is 0.185 e. The van der Waals surface area contributed by atoms with Gasteiger partial charge in [-0.05, 0) is 66.2 Å². The third kappa shape index (κ3) is 5.57. The zero-order valence-electron chi connectivity index (χ0n) is 15.2. The number of carbonyl (C=O) groups is 1. The first kappa shape index (κ1) is 20.4. The fourth-order valence-corrected chi connectivity index (χ4v) is 3.26. The first-order valence-electron chi connectivity index (χ1n) is 8.58. The average molecular weight is 502 g/mol. The van der Waals surface area contributed by atoms with Crippen LogP contribution in [0.2, 0.25) is 0 Å². The Morgan fingerprint density at radius 1 is 0.964 bits per heavy atom. The molecule has 0 spiro atoms. The van der Waals surface area contributed by atoms with Crippen LogP contribution in [-0.4, -0.2) is 12.9 Å². The topological polar surface area (TPSA) is 35.5 Å². The summed E-state index contributed by atoms with van der Waals surface area (Å²) < 4.78 is 13.2. The van der Waals surface area contributed by atoms with Crippen molar-refractivity contribution in [2.75, 3.05) is 7.11 Å². The van der Waals surface area contributed by atoms with Crippen LogP contribution in [0.4, 0.5) is 0 Å². The molecular formula is C23H18Br2O3. The van der Waals surface area contributed by atoms with Crippen molar-refractivity contribution in [2.45, 2.75) is 6.61 Å². The van der Waals surface area contributed by atoms with Crippen LogP contribution in [0.25, 0.3) is 6.08 Å². The lowest BCUT2D eigenvalue weighted by Gasteiger charge is -2.11. The van der Waals surface area contributed by atoms with Gasteiger partial charge in [0.2, 0.25) is 0 Å². The summed E-state index contributed by atoms with van der Waals surface area (Å²) in [6, 6.07) is 20.7. The number of hydrogen-bond donors (Lipinski definition) is 0. The predicted octanol–water partition coefficient (Wildman–Crippen LogP) is 6.70. The van der Waals surface area contributed by atoms with Crippen molar-refractivity contribution in [3.05, 3.63) is 98.4 Å². The second kappa shape index (κ2) is 9.71. The molecule has 0 bridgehead atoms. The summed E-state index contributed by atoms with van der Waals surface area (Å²) in [5.41, 5.74) is 2.45. The molecule has 3 nitrogen and oxygen atoms in total. The van der Waals surface area contributed by atoms with Crippen molar-refractivity contribution in [1.29, 1.82) is 0 Å². The summed E-state index contributed by atoms with van der Waals surface area (Å²) >= 11 is 6.81. The summed E-state index contributed by atoms with van der Waals surface area (Å²) in [6.07, 6.45) is 3.37. The number of ether oxygens (including phenoxy) is 2. The molecule has 3 aromatic carbocycles. The summed E-state index contributed by atoms with van der Waals surface area (Å²) in [6.45, 7) is 0.363. The van der Waals surface area contributed by atoms with Crippen molar-refractivity contribution in [2.24, 2.45) is 0 Å². The Morgan fingerprint density at radius 3 is 2.46 bits per heavy atom. The van der Waals surface area contributed by atoms with E-state index in [-0.39, 0.29) is 5.78 Å². The lowest BCUT2D eigenvalue weighted by Crippen LogP contribution is -1.99. The Morgan fingerprint density at radius 2 is 1.75 bits per heavy atom. The fraction of sp³-hybridized carbons (Fsp3) is 0.0870. The molecule has 0 saturated heterocycles. The minimum Gasteiger partial charge on any atom is -0.496 e. The first-order valence-corrected chi connectivity index (χ1v) is 10.2. The minimum absolute atomic E-state index is 0.0461. The third-order valence-corrected chi connectivity index (χ3v) is 5.07. The largest absolute Gasteiger partial charge is 0.496 e. The number of carbonyl (C=O) groups excluding carboxylic acids is 1. The van der Waals surface area contributed by atoms with Gasteiger partial charge in [-0.3, -0.25) is 4.79 Å². The number of halogens is 2. The molecule has 28 heavy (non-hydrogen) atoms. The molecule has 3 aromatic rings. The van der Waals surface area contributed by atoms with Crippen LogP contribution in [-0.2, 0) is 6.61 Å². The number of methoxy groups -OCH3 is 1. The summed E-state index contributed by atoms with van der Waals surface area (Å²) in [4.78, 5) is 12.3. The highest BCUT2D eigenvalue weighted by molar-refractivity contribution is 9.10. The summed E-state index contributed by atoms with van der Waals surface area (Å²) in [7, 11) is 1.63. The van der Waals surface area contributed by atoms with Gasteiger partial charge in [-0.25, -0.2) is 0 Å². The van der Waals surface area contributed by atoms with Gasteiger partial charge in [-0.15, -0.1) is 0 Å². The maximum absolute atomic E-state index is 12.3. The summed E-state index contributed by atoms with van der Waals surface area (Å²) in [5, 5.41) is 0. The van der Waals surface area contributed by atoms with E-state index >= 15 is 0 Å².